The zero-order valence-corrected chi connectivity index (χ0v) is 7.09. The molecular weight excluding hydrogens is 124 g/mol. The third kappa shape index (κ3) is 1.57. The lowest BCUT2D eigenvalue weighted by Crippen LogP contribution is -2.28. The molecular formula is C8H16N2. The van der Waals surface area contributed by atoms with Gasteiger partial charge in [-0.2, -0.15) is 0 Å². The fourth-order valence-electron chi connectivity index (χ4n) is 1.29. The van der Waals surface area contributed by atoms with Crippen LogP contribution in [0.3, 0.4) is 0 Å². The Hall–Kier alpha value is -0.370. The lowest BCUT2D eigenvalue weighted by atomic mass is 10.3. The average Bonchev–Trinajstić information content (AvgIpc) is 2.34. The van der Waals surface area contributed by atoms with Gasteiger partial charge in [0.15, 0.2) is 0 Å². The molecule has 0 aliphatic carbocycles. The molecule has 0 bridgehead atoms. The molecule has 0 spiro atoms. The van der Waals surface area contributed by atoms with Crippen molar-refractivity contribution in [1.82, 2.24) is 4.90 Å². The van der Waals surface area contributed by atoms with Crippen LogP contribution in [0.25, 0.3) is 0 Å². The van der Waals surface area contributed by atoms with E-state index in [9.17, 15) is 0 Å². The molecule has 1 heterocycles. The van der Waals surface area contributed by atoms with Crippen LogP contribution in [-0.2, 0) is 0 Å². The third-order valence-electron chi connectivity index (χ3n) is 2.12. The van der Waals surface area contributed by atoms with Gasteiger partial charge >= 0.3 is 0 Å². The second-order valence-corrected chi connectivity index (χ2v) is 3.10. The first kappa shape index (κ1) is 7.73. The maximum absolute atomic E-state index is 4.20. The van der Waals surface area contributed by atoms with Crippen LogP contribution in [0, 0.1) is 0 Å². The van der Waals surface area contributed by atoms with Crippen LogP contribution in [0.15, 0.2) is 4.99 Å². The summed E-state index contributed by atoms with van der Waals surface area (Å²) < 4.78 is 0. The highest BCUT2D eigenvalue weighted by molar-refractivity contribution is 5.88. The van der Waals surface area contributed by atoms with Gasteiger partial charge < -0.3 is 0 Å². The van der Waals surface area contributed by atoms with E-state index in [1.807, 2.05) is 7.05 Å². The van der Waals surface area contributed by atoms with Gasteiger partial charge in [0.1, 0.15) is 0 Å². The maximum atomic E-state index is 4.20. The van der Waals surface area contributed by atoms with Crippen LogP contribution in [0.4, 0.5) is 0 Å². The molecule has 2 heteroatoms. The normalized spacial score (nSPS) is 25.0. The highest BCUT2D eigenvalue weighted by Crippen LogP contribution is 2.08. The molecule has 0 saturated carbocycles. The van der Waals surface area contributed by atoms with Crippen LogP contribution < -0.4 is 0 Å². The minimum atomic E-state index is 0.680. The quantitative estimate of drug-likeness (QED) is 0.534. The van der Waals surface area contributed by atoms with Crippen molar-refractivity contribution in [1.29, 1.82) is 0 Å². The van der Waals surface area contributed by atoms with Gasteiger partial charge in [-0.1, -0.05) is 0 Å². The molecule has 58 valence electrons. The minimum absolute atomic E-state index is 0.680. The summed E-state index contributed by atoms with van der Waals surface area (Å²) in [7, 11) is 1.89. The predicted octanol–water partition coefficient (Wildman–Crippen LogP) is 1.17. The topological polar surface area (TPSA) is 15.6 Å². The van der Waals surface area contributed by atoms with Crippen LogP contribution in [0.1, 0.15) is 20.3 Å². The van der Waals surface area contributed by atoms with Crippen LogP contribution in [0.2, 0.25) is 0 Å². The van der Waals surface area contributed by atoms with Gasteiger partial charge in [0, 0.05) is 31.9 Å². The molecule has 0 N–H and O–H groups in total. The van der Waals surface area contributed by atoms with Crippen LogP contribution in [-0.4, -0.2) is 36.8 Å². The first-order valence-electron chi connectivity index (χ1n) is 3.92. The summed E-state index contributed by atoms with van der Waals surface area (Å²) >= 11 is 0. The lowest BCUT2D eigenvalue weighted by Gasteiger charge is -2.18. The van der Waals surface area contributed by atoms with Crippen molar-refractivity contribution in [2.45, 2.75) is 26.3 Å². The molecule has 0 radical (unpaired) electrons. The monoisotopic (exact) mass is 140 g/mol. The summed E-state index contributed by atoms with van der Waals surface area (Å²) in [6.45, 7) is 6.76. The molecule has 0 unspecified atom stereocenters. The molecule has 0 aromatic rings. The summed E-state index contributed by atoms with van der Waals surface area (Å²) in [4.78, 5) is 6.64. The second-order valence-electron chi connectivity index (χ2n) is 3.10. The Bertz CT molecular complexity index is 138. The molecule has 0 amide bonds. The third-order valence-corrected chi connectivity index (χ3v) is 2.12. The molecule has 1 aliphatic heterocycles. The summed E-state index contributed by atoms with van der Waals surface area (Å²) in [6, 6.07) is 0.680. The van der Waals surface area contributed by atoms with Gasteiger partial charge in [0.2, 0.25) is 0 Å². The van der Waals surface area contributed by atoms with E-state index in [0.29, 0.717) is 6.04 Å². The molecule has 0 aromatic heterocycles. The first-order chi connectivity index (χ1) is 4.74. The van der Waals surface area contributed by atoms with Gasteiger partial charge in [-0.05, 0) is 20.3 Å². The lowest BCUT2D eigenvalue weighted by molar-refractivity contribution is 0.284. The zero-order chi connectivity index (χ0) is 7.56. The van der Waals surface area contributed by atoms with Crippen molar-refractivity contribution in [2.24, 2.45) is 4.99 Å². The van der Waals surface area contributed by atoms with Crippen LogP contribution in [0.5, 0.6) is 0 Å². The van der Waals surface area contributed by atoms with E-state index in [1.54, 1.807) is 0 Å². The van der Waals surface area contributed by atoms with Crippen LogP contribution >= 0.6 is 0 Å². The molecule has 1 aliphatic rings. The molecule has 1 rings (SSSR count). The van der Waals surface area contributed by atoms with Crippen molar-refractivity contribution in [3.05, 3.63) is 0 Å². The zero-order valence-electron chi connectivity index (χ0n) is 7.09. The minimum Gasteiger partial charge on any atom is -0.296 e. The Balaban J connectivity index is 2.43. The van der Waals surface area contributed by atoms with Gasteiger partial charge in [-0.25, -0.2) is 0 Å². The van der Waals surface area contributed by atoms with E-state index >= 15 is 0 Å². The molecule has 0 aromatic carbocycles. The number of likely N-dealkylation sites (tertiary alicyclic amines) is 1. The molecule has 10 heavy (non-hydrogen) atoms. The standard InChI is InChI=1S/C8H16N2/c1-7(2)10-5-4-8(6-10)9-3/h7H,4-6H2,1-3H3/b9-8-. The Morgan fingerprint density at radius 1 is 1.50 bits per heavy atom. The van der Waals surface area contributed by atoms with Crippen molar-refractivity contribution < 1.29 is 0 Å². The SMILES string of the molecule is C/N=C1/CCN(C(C)C)C1. The first-order valence-corrected chi connectivity index (χ1v) is 3.92. The van der Waals surface area contributed by atoms with Gasteiger partial charge in [0.05, 0.1) is 0 Å². The van der Waals surface area contributed by atoms with Gasteiger partial charge in [-0.15, -0.1) is 0 Å². The summed E-state index contributed by atoms with van der Waals surface area (Å²) in [5.41, 5.74) is 1.36. The van der Waals surface area contributed by atoms with Crippen molar-refractivity contribution >= 4 is 5.71 Å². The number of rotatable bonds is 1. The Labute approximate surface area is 62.9 Å². The predicted molar refractivity (Wildman–Crippen MR) is 44.7 cm³/mol. The molecule has 0 atom stereocenters. The number of nitrogens with zero attached hydrogens (tertiary/aromatic N) is 2. The van der Waals surface area contributed by atoms with Crippen molar-refractivity contribution in [2.75, 3.05) is 20.1 Å². The van der Waals surface area contributed by atoms with E-state index in [0.717, 1.165) is 6.54 Å². The van der Waals surface area contributed by atoms with E-state index in [-0.39, 0.29) is 0 Å². The van der Waals surface area contributed by atoms with Gasteiger partial charge in [0.25, 0.3) is 0 Å². The molecule has 2 nitrogen and oxygen atoms in total. The average molecular weight is 140 g/mol. The van der Waals surface area contributed by atoms with Crippen molar-refractivity contribution in [3.63, 3.8) is 0 Å². The summed E-state index contributed by atoms with van der Waals surface area (Å²) in [5.74, 6) is 0. The molecule has 1 saturated heterocycles. The smallest absolute Gasteiger partial charge is 0.0366 e. The van der Waals surface area contributed by atoms with E-state index in [4.69, 9.17) is 0 Å². The second kappa shape index (κ2) is 3.15. The fourth-order valence-corrected chi connectivity index (χ4v) is 1.29. The van der Waals surface area contributed by atoms with Crippen molar-refractivity contribution in [3.8, 4) is 0 Å². The Morgan fingerprint density at radius 3 is 2.50 bits per heavy atom. The molecule has 1 fully saturated rings. The highest BCUT2D eigenvalue weighted by atomic mass is 15.2. The fraction of sp³-hybridized carbons (Fsp3) is 0.875. The van der Waals surface area contributed by atoms with E-state index in [2.05, 4.69) is 23.7 Å². The van der Waals surface area contributed by atoms with E-state index in [1.165, 1.54) is 18.7 Å². The Kier molecular flexibility index (Phi) is 2.44. The summed E-state index contributed by atoms with van der Waals surface area (Å²) in [6.07, 6.45) is 1.18. The number of hydrogen-bond donors (Lipinski definition) is 0. The van der Waals surface area contributed by atoms with Gasteiger partial charge in [-0.3, -0.25) is 9.89 Å². The highest BCUT2D eigenvalue weighted by Gasteiger charge is 2.18. The Morgan fingerprint density at radius 2 is 2.20 bits per heavy atom. The largest absolute Gasteiger partial charge is 0.296 e. The maximum Gasteiger partial charge on any atom is 0.0366 e. The summed E-state index contributed by atoms with van der Waals surface area (Å²) in [5, 5.41) is 0. The van der Waals surface area contributed by atoms with E-state index < -0.39 is 0 Å². The number of hydrogen-bond acceptors (Lipinski definition) is 2. The number of aliphatic imine (C=N–C) groups is 1.